The van der Waals surface area contributed by atoms with Crippen LogP contribution in [0.4, 0.5) is 17.1 Å². The van der Waals surface area contributed by atoms with Gasteiger partial charge in [0.25, 0.3) is 5.91 Å². The second-order valence-corrected chi connectivity index (χ2v) is 5.86. The highest BCUT2D eigenvalue weighted by atomic mass is 16.2. The van der Waals surface area contributed by atoms with Crippen LogP contribution >= 0.6 is 0 Å². The second-order valence-electron chi connectivity index (χ2n) is 5.86. The van der Waals surface area contributed by atoms with Gasteiger partial charge in [0.1, 0.15) is 5.69 Å². The Balaban J connectivity index is 1.92. The zero-order valence-corrected chi connectivity index (χ0v) is 15.2. The number of nitrogens with zero attached hydrogens (tertiary/aromatic N) is 3. The van der Waals surface area contributed by atoms with Crippen LogP contribution in [0.25, 0.3) is 0 Å². The summed E-state index contributed by atoms with van der Waals surface area (Å²) in [7, 11) is 0. The molecule has 0 atom stereocenters. The number of amides is 1. The van der Waals surface area contributed by atoms with Crippen molar-refractivity contribution >= 4 is 23.0 Å². The van der Waals surface area contributed by atoms with Gasteiger partial charge in [-0.3, -0.25) is 9.78 Å². The first-order valence-electron chi connectivity index (χ1n) is 8.90. The lowest BCUT2D eigenvalue weighted by Gasteiger charge is -2.25. The summed E-state index contributed by atoms with van der Waals surface area (Å²) in [6, 6.07) is 23.6. The van der Waals surface area contributed by atoms with Gasteiger partial charge in [0.15, 0.2) is 0 Å². The van der Waals surface area contributed by atoms with E-state index in [9.17, 15) is 4.79 Å². The Hall–Kier alpha value is -3.14. The number of hydrogen-bond donors (Lipinski definition) is 0. The maximum Gasteiger partial charge on any atom is 0.276 e. The largest absolute Gasteiger partial charge is 0.342 e. The minimum Gasteiger partial charge on any atom is -0.342 e. The monoisotopic (exact) mass is 345 g/mol. The summed E-state index contributed by atoms with van der Waals surface area (Å²) >= 11 is 0. The first-order valence-corrected chi connectivity index (χ1v) is 8.90. The van der Waals surface area contributed by atoms with Crippen LogP contribution in [-0.2, 0) is 0 Å². The molecule has 0 aliphatic rings. The van der Waals surface area contributed by atoms with E-state index in [1.807, 2.05) is 67.6 Å². The number of carbonyl (C=O) groups is 1. The van der Waals surface area contributed by atoms with Crippen molar-refractivity contribution in [1.82, 2.24) is 4.98 Å². The Kier molecular flexibility index (Phi) is 5.64. The first-order chi connectivity index (χ1) is 12.7. The molecule has 0 bridgehead atoms. The fourth-order valence-corrected chi connectivity index (χ4v) is 3.02. The van der Waals surface area contributed by atoms with Gasteiger partial charge in [0.2, 0.25) is 0 Å². The van der Waals surface area contributed by atoms with Gasteiger partial charge in [-0.25, -0.2) is 0 Å². The second kappa shape index (κ2) is 8.30. The molecule has 3 aromatic rings. The molecule has 2 aromatic carbocycles. The van der Waals surface area contributed by atoms with Gasteiger partial charge in [0.05, 0.1) is 0 Å². The summed E-state index contributed by atoms with van der Waals surface area (Å²) in [5.41, 5.74) is 3.38. The summed E-state index contributed by atoms with van der Waals surface area (Å²) < 4.78 is 0. The molecule has 0 spiro atoms. The smallest absolute Gasteiger partial charge is 0.276 e. The topological polar surface area (TPSA) is 36.4 Å². The number of benzene rings is 2. The summed E-state index contributed by atoms with van der Waals surface area (Å²) in [4.78, 5) is 21.3. The van der Waals surface area contributed by atoms with Crippen LogP contribution in [0.2, 0.25) is 0 Å². The highest BCUT2D eigenvalue weighted by Gasteiger charge is 2.18. The van der Waals surface area contributed by atoms with Crippen LogP contribution in [0.1, 0.15) is 24.3 Å². The van der Waals surface area contributed by atoms with Crippen molar-refractivity contribution in [2.45, 2.75) is 13.8 Å². The molecule has 0 fully saturated rings. The highest BCUT2D eigenvalue weighted by molar-refractivity contribution is 6.05. The number of aromatic nitrogens is 1. The normalized spacial score (nSPS) is 10.4. The van der Waals surface area contributed by atoms with Gasteiger partial charge < -0.3 is 9.80 Å². The molecule has 1 amide bonds. The lowest BCUT2D eigenvalue weighted by Crippen LogP contribution is -2.31. The zero-order chi connectivity index (χ0) is 18.4. The van der Waals surface area contributed by atoms with Crippen LogP contribution in [0.5, 0.6) is 0 Å². The van der Waals surface area contributed by atoms with E-state index in [1.54, 1.807) is 11.1 Å². The Bertz CT molecular complexity index is 850. The van der Waals surface area contributed by atoms with Gasteiger partial charge in [-0.05, 0) is 50.2 Å². The van der Waals surface area contributed by atoms with Gasteiger partial charge in [-0.2, -0.15) is 0 Å². The van der Waals surface area contributed by atoms with E-state index in [1.165, 1.54) is 0 Å². The molecular formula is C22H23N3O. The van der Waals surface area contributed by atoms with E-state index in [-0.39, 0.29) is 5.91 Å². The molecule has 1 aromatic heterocycles. The standard InChI is InChI=1S/C22H23N3O/c1-3-24(18-11-7-5-8-12-18)20-15-16-23-21(17-20)22(26)25(4-2)19-13-9-6-10-14-19/h5-17H,3-4H2,1-2H3. The van der Waals surface area contributed by atoms with Crippen molar-refractivity contribution in [2.75, 3.05) is 22.9 Å². The number of hydrogen-bond acceptors (Lipinski definition) is 3. The molecule has 0 aliphatic heterocycles. The van der Waals surface area contributed by atoms with Crippen molar-refractivity contribution in [3.8, 4) is 0 Å². The fraction of sp³-hybridized carbons (Fsp3) is 0.182. The van der Waals surface area contributed by atoms with Crippen LogP contribution < -0.4 is 9.80 Å². The highest BCUT2D eigenvalue weighted by Crippen LogP contribution is 2.25. The SMILES string of the molecule is CCN(C(=O)c1cc(N(CC)c2ccccc2)ccn1)c1ccccc1. The lowest BCUT2D eigenvalue weighted by molar-refractivity contribution is 0.0983. The molecule has 0 N–H and O–H groups in total. The molecule has 3 rings (SSSR count). The van der Waals surface area contributed by atoms with E-state index < -0.39 is 0 Å². The Morgan fingerprint density at radius 2 is 1.42 bits per heavy atom. The quantitative estimate of drug-likeness (QED) is 0.637. The average molecular weight is 345 g/mol. The molecule has 0 aliphatic carbocycles. The van der Waals surface area contributed by atoms with Crippen LogP contribution in [-0.4, -0.2) is 24.0 Å². The molecule has 132 valence electrons. The van der Waals surface area contributed by atoms with E-state index in [0.717, 1.165) is 23.6 Å². The predicted molar refractivity (Wildman–Crippen MR) is 107 cm³/mol. The van der Waals surface area contributed by atoms with E-state index in [0.29, 0.717) is 12.2 Å². The van der Waals surface area contributed by atoms with Gasteiger partial charge in [0, 0.05) is 36.3 Å². The van der Waals surface area contributed by atoms with Crippen molar-refractivity contribution in [2.24, 2.45) is 0 Å². The molecule has 0 radical (unpaired) electrons. The van der Waals surface area contributed by atoms with Crippen molar-refractivity contribution in [3.63, 3.8) is 0 Å². The average Bonchev–Trinajstić information content (AvgIpc) is 2.71. The van der Waals surface area contributed by atoms with Crippen LogP contribution in [0.15, 0.2) is 79.0 Å². The molecular weight excluding hydrogens is 322 g/mol. The molecule has 4 nitrogen and oxygen atoms in total. The molecule has 0 saturated heterocycles. The number of pyridine rings is 1. The third kappa shape index (κ3) is 3.75. The van der Waals surface area contributed by atoms with Gasteiger partial charge in [-0.15, -0.1) is 0 Å². The van der Waals surface area contributed by atoms with Crippen LogP contribution in [0.3, 0.4) is 0 Å². The Morgan fingerprint density at radius 1 is 0.808 bits per heavy atom. The maximum atomic E-state index is 13.0. The molecule has 1 heterocycles. The van der Waals surface area contributed by atoms with E-state index >= 15 is 0 Å². The Morgan fingerprint density at radius 3 is 2.00 bits per heavy atom. The summed E-state index contributed by atoms with van der Waals surface area (Å²) in [6.45, 7) is 5.46. The van der Waals surface area contributed by atoms with E-state index in [2.05, 4.69) is 28.9 Å². The number of para-hydroxylation sites is 2. The molecule has 0 saturated carbocycles. The maximum absolute atomic E-state index is 13.0. The number of rotatable bonds is 6. The number of carbonyl (C=O) groups excluding carboxylic acids is 1. The molecule has 0 unspecified atom stereocenters. The Labute approximate surface area is 154 Å². The zero-order valence-electron chi connectivity index (χ0n) is 15.2. The van der Waals surface area contributed by atoms with E-state index in [4.69, 9.17) is 0 Å². The van der Waals surface area contributed by atoms with Crippen molar-refractivity contribution in [1.29, 1.82) is 0 Å². The van der Waals surface area contributed by atoms with Gasteiger partial charge >= 0.3 is 0 Å². The number of anilines is 3. The third-order valence-electron chi connectivity index (χ3n) is 4.29. The summed E-state index contributed by atoms with van der Waals surface area (Å²) in [5, 5.41) is 0. The minimum atomic E-state index is -0.0929. The molecule has 26 heavy (non-hydrogen) atoms. The summed E-state index contributed by atoms with van der Waals surface area (Å²) in [6.07, 6.45) is 1.70. The van der Waals surface area contributed by atoms with Crippen LogP contribution in [0, 0.1) is 0 Å². The first kappa shape index (κ1) is 17.7. The lowest BCUT2D eigenvalue weighted by atomic mass is 10.2. The fourth-order valence-electron chi connectivity index (χ4n) is 3.02. The predicted octanol–water partition coefficient (Wildman–Crippen LogP) is 4.91. The van der Waals surface area contributed by atoms with Crippen molar-refractivity contribution < 1.29 is 4.79 Å². The minimum absolute atomic E-state index is 0.0929. The third-order valence-corrected chi connectivity index (χ3v) is 4.29. The molecule has 4 heteroatoms. The summed E-state index contributed by atoms with van der Waals surface area (Å²) in [5.74, 6) is -0.0929. The van der Waals surface area contributed by atoms with Gasteiger partial charge in [-0.1, -0.05) is 36.4 Å². The van der Waals surface area contributed by atoms with Crippen molar-refractivity contribution in [3.05, 3.63) is 84.7 Å².